The molecule has 1 N–H and O–H groups in total. The highest BCUT2D eigenvalue weighted by Gasteiger charge is 2.24. The van der Waals surface area contributed by atoms with Crippen LogP contribution < -0.4 is 14.4 Å². The molecule has 0 unspecified atom stereocenters. The molecule has 160 valence electrons. The van der Waals surface area contributed by atoms with E-state index in [4.69, 9.17) is 9.47 Å². The smallest absolute Gasteiger partial charge is 0.264 e. The molecule has 1 heterocycles. The number of rotatable bonds is 9. The third kappa shape index (κ3) is 4.58. The van der Waals surface area contributed by atoms with Gasteiger partial charge in [0.2, 0.25) is 0 Å². The molecule has 0 aliphatic rings. The molecule has 2 aromatic carbocycles. The van der Waals surface area contributed by atoms with Gasteiger partial charge in [0.25, 0.3) is 15.9 Å². The van der Waals surface area contributed by atoms with Crippen LogP contribution in [0.25, 0.3) is 10.1 Å². The van der Waals surface area contributed by atoms with Crippen LogP contribution in [-0.2, 0) is 14.8 Å². The molecule has 9 heteroatoms. The molecule has 1 amide bonds. The summed E-state index contributed by atoms with van der Waals surface area (Å²) in [4.78, 5) is 13.0. The number of hydrogen-bond donors (Lipinski definition) is 1. The largest absolute Gasteiger partial charge is 0.497 e. The molecule has 0 spiro atoms. The molecule has 30 heavy (non-hydrogen) atoms. The number of carbonyl (C=O) groups is 1. The van der Waals surface area contributed by atoms with E-state index in [1.54, 1.807) is 44.4 Å². The lowest BCUT2D eigenvalue weighted by molar-refractivity contribution is 0.0941. The molecule has 0 atom stereocenters. The summed E-state index contributed by atoms with van der Waals surface area (Å²) in [6.45, 7) is 2.93. The number of benzene rings is 2. The van der Waals surface area contributed by atoms with Gasteiger partial charge in [-0.15, -0.1) is 11.3 Å². The molecule has 1 aromatic heterocycles. The number of fused-ring (bicyclic) bond motifs is 1. The fourth-order valence-corrected chi connectivity index (χ4v) is 5.44. The van der Waals surface area contributed by atoms with E-state index in [0.717, 1.165) is 10.1 Å². The molecule has 0 aliphatic carbocycles. The Hall–Kier alpha value is -2.62. The van der Waals surface area contributed by atoms with Crippen molar-refractivity contribution in [1.29, 1.82) is 0 Å². The molecule has 3 aromatic rings. The minimum atomic E-state index is -3.73. The van der Waals surface area contributed by atoms with Gasteiger partial charge in [0.15, 0.2) is 0 Å². The minimum absolute atomic E-state index is 0.173. The fraction of sp³-hybridized carbons (Fsp3) is 0.286. The molecule has 7 nitrogen and oxygen atoms in total. The van der Waals surface area contributed by atoms with Crippen LogP contribution in [0.1, 0.15) is 16.6 Å². The monoisotopic (exact) mass is 448 g/mol. The molecular formula is C21H24N2O5S2. The van der Waals surface area contributed by atoms with E-state index in [1.807, 2.05) is 6.07 Å². The van der Waals surface area contributed by atoms with Crippen LogP contribution in [0.2, 0.25) is 0 Å². The Morgan fingerprint density at radius 1 is 1.10 bits per heavy atom. The van der Waals surface area contributed by atoms with E-state index >= 15 is 0 Å². The molecule has 0 aliphatic heterocycles. The zero-order chi connectivity index (χ0) is 21.7. The van der Waals surface area contributed by atoms with E-state index in [0.29, 0.717) is 29.5 Å². The van der Waals surface area contributed by atoms with E-state index in [2.05, 4.69) is 5.32 Å². The van der Waals surface area contributed by atoms with Gasteiger partial charge in [0.1, 0.15) is 5.75 Å². The Balaban J connectivity index is 1.90. The number of nitrogens with one attached hydrogen (secondary N) is 1. The number of nitrogens with zero attached hydrogens (tertiary/aromatic N) is 1. The van der Waals surface area contributed by atoms with E-state index in [1.165, 1.54) is 34.9 Å². The van der Waals surface area contributed by atoms with Gasteiger partial charge in [-0.1, -0.05) is 0 Å². The third-order valence-corrected chi connectivity index (χ3v) is 7.57. The van der Waals surface area contributed by atoms with E-state index in [9.17, 15) is 13.2 Å². The van der Waals surface area contributed by atoms with E-state index in [-0.39, 0.29) is 17.3 Å². The van der Waals surface area contributed by atoms with Gasteiger partial charge < -0.3 is 14.8 Å². The van der Waals surface area contributed by atoms with E-state index < -0.39 is 10.0 Å². The number of thiophene rings is 1. The highest BCUT2D eigenvalue weighted by Crippen LogP contribution is 2.32. The number of carbonyl (C=O) groups excluding carboxylic acids is 1. The van der Waals surface area contributed by atoms with Crippen LogP contribution in [0.4, 0.5) is 5.69 Å². The molecule has 0 saturated heterocycles. The zero-order valence-electron chi connectivity index (χ0n) is 17.0. The summed E-state index contributed by atoms with van der Waals surface area (Å²) in [5.74, 6) is 0.418. The first kappa shape index (κ1) is 22.1. The summed E-state index contributed by atoms with van der Waals surface area (Å²) < 4.78 is 38.7. The lowest BCUT2D eigenvalue weighted by Crippen LogP contribution is -2.30. The minimum Gasteiger partial charge on any atom is -0.497 e. The summed E-state index contributed by atoms with van der Waals surface area (Å²) in [5.41, 5.74) is 0.546. The summed E-state index contributed by atoms with van der Waals surface area (Å²) in [6, 6.07) is 13.5. The van der Waals surface area contributed by atoms with Gasteiger partial charge >= 0.3 is 0 Å². The maximum absolute atomic E-state index is 13.2. The molecule has 0 bridgehead atoms. The maximum Gasteiger partial charge on any atom is 0.264 e. The van der Waals surface area contributed by atoms with Gasteiger partial charge in [-0.25, -0.2) is 8.42 Å². The Bertz CT molecular complexity index is 1120. The Morgan fingerprint density at radius 3 is 2.47 bits per heavy atom. The van der Waals surface area contributed by atoms with Crippen molar-refractivity contribution in [3.63, 3.8) is 0 Å². The van der Waals surface area contributed by atoms with Gasteiger partial charge in [0, 0.05) is 24.9 Å². The molecule has 3 rings (SSSR count). The average molecular weight is 449 g/mol. The SMILES string of the molecule is CCN(c1ccc2sc(C(=O)NCCOC)cc2c1)S(=O)(=O)c1ccc(OC)cc1. The average Bonchev–Trinajstić information content (AvgIpc) is 3.18. The summed E-state index contributed by atoms with van der Waals surface area (Å²) >= 11 is 1.36. The first-order valence-corrected chi connectivity index (χ1v) is 11.6. The number of ether oxygens (including phenoxy) is 2. The van der Waals surface area contributed by atoms with Gasteiger partial charge in [-0.3, -0.25) is 9.10 Å². The predicted molar refractivity (Wildman–Crippen MR) is 119 cm³/mol. The Kier molecular flexibility index (Phi) is 6.96. The van der Waals surface area contributed by atoms with Crippen molar-refractivity contribution in [2.45, 2.75) is 11.8 Å². The standard InChI is InChI=1S/C21H24N2O5S2/c1-4-23(30(25,26)18-8-6-17(28-3)7-9-18)16-5-10-19-15(13-16)14-20(29-19)21(24)22-11-12-27-2/h5-10,13-14H,4,11-12H2,1-3H3,(H,22,24). The maximum atomic E-state index is 13.2. The topological polar surface area (TPSA) is 84.9 Å². The molecule has 0 radical (unpaired) electrons. The summed E-state index contributed by atoms with van der Waals surface area (Å²) in [6.07, 6.45) is 0. The second-order valence-electron chi connectivity index (χ2n) is 6.43. The fourth-order valence-electron chi connectivity index (χ4n) is 3.02. The summed E-state index contributed by atoms with van der Waals surface area (Å²) in [7, 11) is -0.627. The normalized spacial score (nSPS) is 11.4. The number of amides is 1. The Morgan fingerprint density at radius 2 is 1.83 bits per heavy atom. The Labute approximate surface area is 180 Å². The second-order valence-corrected chi connectivity index (χ2v) is 9.37. The number of anilines is 1. The quantitative estimate of drug-likeness (QED) is 0.507. The van der Waals surface area contributed by atoms with Crippen LogP contribution >= 0.6 is 11.3 Å². The lowest BCUT2D eigenvalue weighted by Gasteiger charge is -2.23. The summed E-state index contributed by atoms with van der Waals surface area (Å²) in [5, 5.41) is 3.61. The second kappa shape index (κ2) is 9.46. The van der Waals surface area contributed by atoms with Crippen LogP contribution in [0, 0.1) is 0 Å². The van der Waals surface area contributed by atoms with Crippen LogP contribution in [-0.4, -0.2) is 48.2 Å². The van der Waals surface area contributed by atoms with Crippen molar-refractivity contribution in [2.24, 2.45) is 0 Å². The number of methoxy groups -OCH3 is 2. The van der Waals surface area contributed by atoms with Gasteiger partial charge in [0.05, 0.1) is 29.2 Å². The lowest BCUT2D eigenvalue weighted by atomic mass is 10.2. The van der Waals surface area contributed by atoms with Crippen LogP contribution in [0.3, 0.4) is 0 Å². The first-order valence-electron chi connectivity index (χ1n) is 9.38. The molecule has 0 fully saturated rings. The zero-order valence-corrected chi connectivity index (χ0v) is 18.7. The van der Waals surface area contributed by atoms with Gasteiger partial charge in [-0.2, -0.15) is 0 Å². The number of sulfonamides is 1. The highest BCUT2D eigenvalue weighted by molar-refractivity contribution is 7.92. The highest BCUT2D eigenvalue weighted by atomic mass is 32.2. The van der Waals surface area contributed by atoms with Crippen molar-refractivity contribution in [3.05, 3.63) is 53.4 Å². The van der Waals surface area contributed by atoms with Crippen molar-refractivity contribution in [1.82, 2.24) is 5.32 Å². The molecular weight excluding hydrogens is 424 g/mol. The predicted octanol–water partition coefficient (Wildman–Crippen LogP) is 3.50. The van der Waals surface area contributed by atoms with Crippen molar-refractivity contribution in [3.8, 4) is 5.75 Å². The third-order valence-electron chi connectivity index (χ3n) is 4.54. The van der Waals surface area contributed by atoms with Crippen LogP contribution in [0.15, 0.2) is 53.4 Å². The van der Waals surface area contributed by atoms with Crippen molar-refractivity contribution >= 4 is 43.0 Å². The number of hydrogen-bond acceptors (Lipinski definition) is 6. The van der Waals surface area contributed by atoms with Crippen LogP contribution in [0.5, 0.6) is 5.75 Å². The first-order chi connectivity index (χ1) is 14.4. The molecule has 0 saturated carbocycles. The van der Waals surface area contributed by atoms with Gasteiger partial charge in [-0.05, 0) is 60.8 Å². The van der Waals surface area contributed by atoms with Crippen molar-refractivity contribution < 1.29 is 22.7 Å². The van der Waals surface area contributed by atoms with Crippen molar-refractivity contribution in [2.75, 3.05) is 38.2 Å².